The molecular weight excluding hydrogens is 454 g/mol. The summed E-state index contributed by atoms with van der Waals surface area (Å²) in [6.07, 6.45) is 6.09. The number of nitro benzene ring substituents is 1. The van der Waals surface area contributed by atoms with Crippen LogP contribution < -0.4 is 0 Å². The Morgan fingerprint density at radius 1 is 0.778 bits per heavy atom. The van der Waals surface area contributed by atoms with Gasteiger partial charge in [0.2, 0.25) is 0 Å². The van der Waals surface area contributed by atoms with E-state index in [0.29, 0.717) is 5.56 Å². The summed E-state index contributed by atoms with van der Waals surface area (Å²) in [5.74, 6) is -0.501. The van der Waals surface area contributed by atoms with E-state index in [1.807, 2.05) is 36.7 Å². The number of aromatic nitrogens is 4. The number of para-hydroxylation sites is 1. The number of nitro groups is 1. The highest BCUT2D eigenvalue weighted by molar-refractivity contribution is 5.71. The highest BCUT2D eigenvalue weighted by Crippen LogP contribution is 2.55. The van der Waals surface area contributed by atoms with Crippen LogP contribution in [0.15, 0.2) is 97.8 Å². The molecule has 1 N–H and O–H groups in total. The highest BCUT2D eigenvalue weighted by atomic mass is 16.6. The van der Waals surface area contributed by atoms with Crippen molar-refractivity contribution in [2.24, 2.45) is 5.92 Å². The van der Waals surface area contributed by atoms with Crippen LogP contribution in [-0.4, -0.2) is 29.1 Å². The van der Waals surface area contributed by atoms with Gasteiger partial charge in [-0.05, 0) is 17.2 Å². The van der Waals surface area contributed by atoms with Crippen molar-refractivity contribution >= 4 is 5.69 Å². The zero-order valence-corrected chi connectivity index (χ0v) is 19.0. The maximum Gasteiger partial charge on any atom is 0.275 e. The van der Waals surface area contributed by atoms with Crippen LogP contribution in [0.5, 0.6) is 0 Å². The van der Waals surface area contributed by atoms with Gasteiger partial charge in [-0.25, -0.2) is 9.97 Å². The molecule has 3 unspecified atom stereocenters. The number of imidazole rings is 2. The fraction of sp³-hybridized carbons (Fsp3) is 0.143. The molecule has 7 rings (SSSR count). The van der Waals surface area contributed by atoms with E-state index in [2.05, 4.69) is 43.4 Å². The molecule has 0 spiro atoms. The second-order valence-electron chi connectivity index (χ2n) is 9.27. The summed E-state index contributed by atoms with van der Waals surface area (Å²) in [6.45, 7) is 0. The molecule has 0 saturated carbocycles. The lowest BCUT2D eigenvalue weighted by Crippen LogP contribution is -2.32. The predicted molar refractivity (Wildman–Crippen MR) is 133 cm³/mol. The summed E-state index contributed by atoms with van der Waals surface area (Å²) in [5.41, 5.74) is 6.36. The van der Waals surface area contributed by atoms with Gasteiger partial charge in [0.1, 0.15) is 0 Å². The Bertz CT molecular complexity index is 1550. The minimum Gasteiger partial charge on any atom is -0.388 e. The minimum absolute atomic E-state index is 0.0933. The zero-order chi connectivity index (χ0) is 24.4. The van der Waals surface area contributed by atoms with Gasteiger partial charge >= 0.3 is 0 Å². The second-order valence-corrected chi connectivity index (χ2v) is 9.27. The number of fused-ring (bicyclic) bond motifs is 6. The van der Waals surface area contributed by atoms with Crippen molar-refractivity contribution in [1.29, 1.82) is 0 Å². The Morgan fingerprint density at radius 2 is 1.28 bits per heavy atom. The molecule has 4 heterocycles. The fourth-order valence-corrected chi connectivity index (χ4v) is 6.16. The zero-order valence-electron chi connectivity index (χ0n) is 19.0. The van der Waals surface area contributed by atoms with Crippen molar-refractivity contribution in [3.8, 4) is 22.5 Å². The van der Waals surface area contributed by atoms with Crippen LogP contribution in [0.2, 0.25) is 0 Å². The lowest BCUT2D eigenvalue weighted by Gasteiger charge is -2.36. The molecule has 3 aromatic carbocycles. The van der Waals surface area contributed by atoms with E-state index in [9.17, 15) is 15.2 Å². The summed E-state index contributed by atoms with van der Waals surface area (Å²) < 4.78 is 4.18. The third kappa shape index (κ3) is 2.79. The molecule has 2 aliphatic rings. The third-order valence-corrected chi connectivity index (χ3v) is 7.59. The Morgan fingerprint density at radius 3 is 1.83 bits per heavy atom. The van der Waals surface area contributed by atoms with Crippen LogP contribution in [0.1, 0.15) is 34.9 Å². The van der Waals surface area contributed by atoms with Gasteiger partial charge in [0, 0.05) is 23.1 Å². The normalized spacial score (nSPS) is 18.7. The van der Waals surface area contributed by atoms with Crippen LogP contribution in [-0.2, 0) is 0 Å². The number of aliphatic hydroxyl groups is 1. The smallest absolute Gasteiger partial charge is 0.275 e. The fourth-order valence-electron chi connectivity index (χ4n) is 6.16. The molecule has 176 valence electrons. The Balaban J connectivity index is 1.50. The van der Waals surface area contributed by atoms with Gasteiger partial charge in [0.15, 0.2) is 0 Å². The van der Waals surface area contributed by atoms with Gasteiger partial charge in [0.05, 0.1) is 65.1 Å². The quantitative estimate of drug-likeness (QED) is 0.279. The molecule has 8 nitrogen and oxygen atoms in total. The molecule has 2 aliphatic heterocycles. The van der Waals surface area contributed by atoms with E-state index < -0.39 is 16.9 Å². The van der Waals surface area contributed by atoms with E-state index in [1.165, 1.54) is 6.07 Å². The van der Waals surface area contributed by atoms with Crippen molar-refractivity contribution in [3.63, 3.8) is 0 Å². The minimum atomic E-state index is -1.15. The molecule has 0 radical (unpaired) electrons. The molecule has 8 heteroatoms. The van der Waals surface area contributed by atoms with Crippen molar-refractivity contribution < 1.29 is 10.0 Å². The Labute approximate surface area is 206 Å². The van der Waals surface area contributed by atoms with Gasteiger partial charge < -0.3 is 14.2 Å². The lowest BCUT2D eigenvalue weighted by atomic mass is 9.77. The molecule has 0 aliphatic carbocycles. The first-order valence-electron chi connectivity index (χ1n) is 11.8. The predicted octanol–water partition coefficient (Wildman–Crippen LogP) is 5.18. The summed E-state index contributed by atoms with van der Waals surface area (Å²) in [5, 5.41) is 24.1. The monoisotopic (exact) mass is 475 g/mol. The van der Waals surface area contributed by atoms with Crippen molar-refractivity contribution in [1.82, 2.24) is 19.1 Å². The van der Waals surface area contributed by atoms with E-state index in [1.54, 1.807) is 30.9 Å². The number of benzene rings is 3. The molecule has 2 aromatic heterocycles. The first-order valence-corrected chi connectivity index (χ1v) is 11.8. The highest BCUT2D eigenvalue weighted by Gasteiger charge is 2.47. The van der Waals surface area contributed by atoms with Crippen LogP contribution in [0, 0.1) is 16.0 Å². The summed E-state index contributed by atoms with van der Waals surface area (Å²) in [6, 6.07) is 22.1. The average molecular weight is 476 g/mol. The van der Waals surface area contributed by atoms with Crippen LogP contribution in [0.25, 0.3) is 22.5 Å². The Hall–Kier alpha value is -4.56. The Kier molecular flexibility index (Phi) is 4.46. The van der Waals surface area contributed by atoms with Crippen LogP contribution in [0.4, 0.5) is 5.69 Å². The molecule has 0 bridgehead atoms. The van der Waals surface area contributed by atoms with E-state index in [0.717, 1.165) is 33.6 Å². The SMILES string of the molecule is O=[N+]([O-])c1ccccc1C(O)C(C1c2ccccc2-c2cncn21)C1c2ccccc2-c2cncn21. The largest absolute Gasteiger partial charge is 0.388 e. The topological polar surface area (TPSA) is 99.0 Å². The van der Waals surface area contributed by atoms with Crippen LogP contribution >= 0.6 is 0 Å². The first kappa shape index (κ1) is 20.8. The maximum absolute atomic E-state index is 12.1. The van der Waals surface area contributed by atoms with Gasteiger partial charge in [-0.2, -0.15) is 0 Å². The number of aliphatic hydroxyl groups excluding tert-OH is 1. The molecule has 0 fully saturated rings. The standard InChI is InChI=1S/C28H21N5O3/c34-28(21-11-5-6-12-22(21)33(35)36)25(26-19-9-3-1-7-17(19)23-13-29-15-31(23)26)27-20-10-4-2-8-18(20)24-14-30-16-32(24)27/h1-16,25-28,34H. The van der Waals surface area contributed by atoms with Crippen molar-refractivity contribution in [2.75, 3.05) is 0 Å². The summed E-state index contributed by atoms with van der Waals surface area (Å²) >= 11 is 0. The third-order valence-electron chi connectivity index (χ3n) is 7.59. The number of hydrogen-bond donors (Lipinski definition) is 1. The number of hydrogen-bond acceptors (Lipinski definition) is 5. The van der Waals surface area contributed by atoms with Gasteiger partial charge in [-0.1, -0.05) is 60.7 Å². The number of nitrogens with zero attached hydrogens (tertiary/aromatic N) is 5. The molecule has 36 heavy (non-hydrogen) atoms. The summed E-state index contributed by atoms with van der Waals surface area (Å²) in [4.78, 5) is 20.4. The number of rotatable bonds is 5. The van der Waals surface area contributed by atoms with Gasteiger partial charge in [-0.15, -0.1) is 0 Å². The second kappa shape index (κ2) is 7.73. The summed E-state index contributed by atoms with van der Waals surface area (Å²) in [7, 11) is 0. The lowest BCUT2D eigenvalue weighted by molar-refractivity contribution is -0.386. The maximum atomic E-state index is 12.1. The van der Waals surface area contributed by atoms with Crippen molar-refractivity contribution in [3.05, 3.63) is 125 Å². The molecule has 5 aromatic rings. The van der Waals surface area contributed by atoms with Gasteiger partial charge in [-0.3, -0.25) is 10.1 Å². The van der Waals surface area contributed by atoms with E-state index in [4.69, 9.17) is 0 Å². The average Bonchev–Trinajstić information content (AvgIpc) is 3.67. The molecular formula is C28H21N5O3. The molecule has 3 atom stereocenters. The first-order chi connectivity index (χ1) is 17.6. The van der Waals surface area contributed by atoms with Crippen LogP contribution in [0.3, 0.4) is 0 Å². The van der Waals surface area contributed by atoms with Gasteiger partial charge in [0.25, 0.3) is 5.69 Å². The van der Waals surface area contributed by atoms with Crippen molar-refractivity contribution in [2.45, 2.75) is 18.2 Å². The van der Waals surface area contributed by atoms with E-state index in [-0.39, 0.29) is 17.8 Å². The molecule has 0 amide bonds. The van der Waals surface area contributed by atoms with E-state index >= 15 is 0 Å². The molecule has 0 saturated heterocycles.